The normalized spacial score (nSPS) is 26.6. The van der Waals surface area contributed by atoms with Crippen LogP contribution in [0.15, 0.2) is 24.3 Å². The van der Waals surface area contributed by atoms with Crippen molar-refractivity contribution in [1.82, 2.24) is 0 Å². The smallest absolute Gasteiger partial charge is 0.317 e. The Bertz CT molecular complexity index is 891. The molecule has 6 nitrogen and oxygen atoms in total. The molecule has 0 bridgehead atoms. The molecule has 6 heteroatoms. The molecule has 4 atom stereocenters. The molecule has 33 heavy (non-hydrogen) atoms. The molecule has 0 saturated heterocycles. The van der Waals surface area contributed by atoms with Crippen LogP contribution in [0.5, 0.6) is 0 Å². The maximum atomic E-state index is 13.4. The van der Waals surface area contributed by atoms with E-state index < -0.39 is 52.3 Å². The predicted molar refractivity (Wildman–Crippen MR) is 127 cm³/mol. The van der Waals surface area contributed by atoms with Crippen LogP contribution < -0.4 is 0 Å². The van der Waals surface area contributed by atoms with Crippen LogP contribution in [0, 0.1) is 11.8 Å². The molecule has 0 aliphatic heterocycles. The second-order valence-corrected chi connectivity index (χ2v) is 12.4. The molecule has 2 rings (SSSR count). The van der Waals surface area contributed by atoms with E-state index in [1.165, 1.54) is 6.92 Å². The highest BCUT2D eigenvalue weighted by Gasteiger charge is 2.57. The van der Waals surface area contributed by atoms with E-state index >= 15 is 0 Å². The van der Waals surface area contributed by atoms with Gasteiger partial charge in [-0.05, 0) is 65.0 Å². The average Bonchev–Trinajstić information content (AvgIpc) is 2.56. The first-order valence-corrected chi connectivity index (χ1v) is 11.5. The van der Waals surface area contributed by atoms with E-state index in [4.69, 9.17) is 9.47 Å². The van der Waals surface area contributed by atoms with Gasteiger partial charge in [-0.2, -0.15) is 0 Å². The minimum atomic E-state index is -1.68. The van der Waals surface area contributed by atoms with Gasteiger partial charge in [0.25, 0.3) is 0 Å². The van der Waals surface area contributed by atoms with Crippen molar-refractivity contribution in [2.24, 2.45) is 11.8 Å². The number of ether oxygens (including phenoxy) is 2. The molecule has 1 aromatic rings. The largest absolute Gasteiger partial charge is 0.460 e. The van der Waals surface area contributed by atoms with Crippen molar-refractivity contribution in [2.45, 2.75) is 104 Å². The van der Waals surface area contributed by atoms with Gasteiger partial charge in [0.05, 0.1) is 11.5 Å². The number of carbonyl (C=O) groups excluding carboxylic acids is 3. The molecule has 1 aliphatic rings. The summed E-state index contributed by atoms with van der Waals surface area (Å²) in [7, 11) is 0. The van der Waals surface area contributed by atoms with Gasteiger partial charge in [0.2, 0.25) is 0 Å². The third kappa shape index (κ3) is 6.66. The van der Waals surface area contributed by atoms with Crippen LogP contribution in [-0.4, -0.2) is 39.6 Å². The summed E-state index contributed by atoms with van der Waals surface area (Å²) in [5.74, 6) is -5.03. The summed E-state index contributed by atoms with van der Waals surface area (Å²) in [4.78, 5) is 39.8. The number of carbonyl (C=O) groups is 3. The van der Waals surface area contributed by atoms with Gasteiger partial charge in [-0.1, -0.05) is 45.0 Å². The van der Waals surface area contributed by atoms with Crippen molar-refractivity contribution < 1.29 is 29.0 Å². The summed E-state index contributed by atoms with van der Waals surface area (Å²) in [6.07, 6.45) is -0.336. The lowest BCUT2D eigenvalue weighted by Gasteiger charge is -2.44. The Hall–Kier alpha value is -2.21. The zero-order chi connectivity index (χ0) is 25.6. The van der Waals surface area contributed by atoms with E-state index in [-0.39, 0.29) is 11.8 Å². The zero-order valence-corrected chi connectivity index (χ0v) is 21.7. The standard InChI is InChI=1S/C27H40O6/c1-24(2,3)17-13-11-16(12-14-17)19-20(22(29)32-25(4,5)6)18(28)15-27(10,31)21(19)23(30)33-26(7,8)9/h11-14,19-21,31H,15H2,1-10H3/t19-,20-,21+,27+/m0/s1. The van der Waals surface area contributed by atoms with Gasteiger partial charge in [-0.25, -0.2) is 0 Å². The lowest BCUT2D eigenvalue weighted by molar-refractivity contribution is -0.182. The van der Waals surface area contributed by atoms with E-state index in [1.54, 1.807) is 41.5 Å². The molecule has 0 heterocycles. The van der Waals surface area contributed by atoms with Crippen LogP contribution in [0.4, 0.5) is 0 Å². The molecule has 1 N–H and O–H groups in total. The van der Waals surface area contributed by atoms with E-state index in [9.17, 15) is 19.5 Å². The fourth-order valence-electron chi connectivity index (χ4n) is 4.35. The summed E-state index contributed by atoms with van der Waals surface area (Å²) in [5, 5.41) is 11.2. The Morgan fingerprint density at radius 3 is 1.76 bits per heavy atom. The molecular formula is C27H40O6. The highest BCUT2D eigenvalue weighted by molar-refractivity contribution is 6.03. The highest BCUT2D eigenvalue weighted by atomic mass is 16.6. The number of ketones is 1. The summed E-state index contributed by atoms with van der Waals surface area (Å²) in [6.45, 7) is 18.1. The molecule has 1 saturated carbocycles. The van der Waals surface area contributed by atoms with Crippen molar-refractivity contribution in [3.05, 3.63) is 35.4 Å². The Balaban J connectivity index is 2.66. The first-order valence-electron chi connectivity index (χ1n) is 11.5. The van der Waals surface area contributed by atoms with Gasteiger partial charge in [0.1, 0.15) is 17.1 Å². The minimum Gasteiger partial charge on any atom is -0.460 e. The molecule has 0 amide bonds. The van der Waals surface area contributed by atoms with Gasteiger partial charge < -0.3 is 14.6 Å². The first kappa shape index (κ1) is 27.0. The van der Waals surface area contributed by atoms with Crippen LogP contribution >= 0.6 is 0 Å². The third-order valence-electron chi connectivity index (χ3n) is 5.75. The fourth-order valence-corrected chi connectivity index (χ4v) is 4.35. The van der Waals surface area contributed by atoms with Gasteiger partial charge in [-0.15, -0.1) is 0 Å². The van der Waals surface area contributed by atoms with Gasteiger partial charge in [0, 0.05) is 12.3 Å². The quantitative estimate of drug-likeness (QED) is 0.519. The average molecular weight is 461 g/mol. The van der Waals surface area contributed by atoms with Crippen molar-refractivity contribution in [3.8, 4) is 0 Å². The Labute approximate surface area is 198 Å². The van der Waals surface area contributed by atoms with Crippen LogP contribution in [0.2, 0.25) is 0 Å². The second-order valence-electron chi connectivity index (χ2n) is 12.4. The van der Waals surface area contributed by atoms with E-state index in [0.29, 0.717) is 5.56 Å². The van der Waals surface area contributed by atoms with Crippen LogP contribution in [0.25, 0.3) is 0 Å². The van der Waals surface area contributed by atoms with Crippen molar-refractivity contribution in [3.63, 3.8) is 0 Å². The first-order chi connectivity index (χ1) is 14.7. The molecule has 1 aromatic carbocycles. The Morgan fingerprint density at radius 1 is 0.879 bits per heavy atom. The lowest BCUT2D eigenvalue weighted by Crippen LogP contribution is -2.56. The SMILES string of the molecule is CC(C)(C)OC(=O)[C@H]1C(=O)C[C@@](C)(O)[C@@H](C(=O)OC(C)(C)C)[C@H]1c1ccc(C(C)(C)C)cc1. The maximum absolute atomic E-state index is 13.4. The molecule has 0 spiro atoms. The Morgan fingerprint density at radius 2 is 1.33 bits per heavy atom. The highest BCUT2D eigenvalue weighted by Crippen LogP contribution is 2.47. The molecule has 0 radical (unpaired) electrons. The Kier molecular flexibility index (Phi) is 7.26. The number of benzene rings is 1. The lowest BCUT2D eigenvalue weighted by atomic mass is 9.61. The summed E-state index contributed by atoms with van der Waals surface area (Å²) in [6, 6.07) is 7.52. The molecule has 0 unspecified atom stereocenters. The number of esters is 2. The molecule has 1 aliphatic carbocycles. The minimum absolute atomic E-state index is 0.0957. The number of Topliss-reactive ketones (excluding diaryl/α,β-unsaturated/α-hetero) is 1. The van der Waals surface area contributed by atoms with Gasteiger partial charge in [0.15, 0.2) is 5.78 Å². The van der Waals surface area contributed by atoms with Gasteiger partial charge in [-0.3, -0.25) is 14.4 Å². The fraction of sp³-hybridized carbons (Fsp3) is 0.667. The molecule has 184 valence electrons. The molecule has 1 fully saturated rings. The van der Waals surface area contributed by atoms with E-state index in [2.05, 4.69) is 20.8 Å². The third-order valence-corrected chi connectivity index (χ3v) is 5.75. The van der Waals surface area contributed by atoms with E-state index in [1.807, 2.05) is 24.3 Å². The van der Waals surface area contributed by atoms with Crippen LogP contribution in [-0.2, 0) is 29.3 Å². The molecule has 0 aromatic heterocycles. The van der Waals surface area contributed by atoms with Crippen molar-refractivity contribution >= 4 is 17.7 Å². The van der Waals surface area contributed by atoms with Crippen molar-refractivity contribution in [2.75, 3.05) is 0 Å². The number of aliphatic hydroxyl groups is 1. The number of rotatable bonds is 3. The topological polar surface area (TPSA) is 89.9 Å². The summed E-state index contributed by atoms with van der Waals surface area (Å²) in [5.41, 5.74) is -1.69. The zero-order valence-electron chi connectivity index (χ0n) is 21.7. The number of hydrogen-bond donors (Lipinski definition) is 1. The van der Waals surface area contributed by atoms with Crippen molar-refractivity contribution in [1.29, 1.82) is 0 Å². The predicted octanol–water partition coefficient (Wildman–Crippen LogP) is 4.71. The number of hydrogen-bond acceptors (Lipinski definition) is 6. The monoisotopic (exact) mass is 460 g/mol. The van der Waals surface area contributed by atoms with E-state index in [0.717, 1.165) is 5.56 Å². The van der Waals surface area contributed by atoms with Gasteiger partial charge >= 0.3 is 11.9 Å². The second kappa shape index (κ2) is 8.86. The summed E-state index contributed by atoms with van der Waals surface area (Å²) < 4.78 is 11.2. The molecular weight excluding hydrogens is 420 g/mol. The van der Waals surface area contributed by atoms with Crippen LogP contribution in [0.1, 0.15) is 92.7 Å². The van der Waals surface area contributed by atoms with Crippen LogP contribution in [0.3, 0.4) is 0 Å². The maximum Gasteiger partial charge on any atom is 0.317 e. The summed E-state index contributed by atoms with van der Waals surface area (Å²) >= 11 is 0.